The fourth-order valence-corrected chi connectivity index (χ4v) is 2.06. The van der Waals surface area contributed by atoms with E-state index in [-0.39, 0.29) is 11.9 Å². The highest BCUT2D eigenvalue weighted by Gasteiger charge is 2.17. The van der Waals surface area contributed by atoms with Gasteiger partial charge in [0, 0.05) is 11.9 Å². The normalized spacial score (nSPS) is 18.3. The summed E-state index contributed by atoms with van der Waals surface area (Å²) < 4.78 is 5.63. The first-order valence-corrected chi connectivity index (χ1v) is 5.98. The van der Waals surface area contributed by atoms with E-state index in [0.29, 0.717) is 6.54 Å². The second-order valence-corrected chi connectivity index (χ2v) is 4.28. The van der Waals surface area contributed by atoms with Crippen LogP contribution < -0.4 is 10.6 Å². The van der Waals surface area contributed by atoms with Gasteiger partial charge in [-0.2, -0.15) is 0 Å². The van der Waals surface area contributed by atoms with Crippen molar-refractivity contribution in [3.8, 4) is 0 Å². The lowest BCUT2D eigenvalue weighted by Gasteiger charge is -2.08. The molecule has 1 unspecified atom stereocenters. The number of benzene rings is 1. The molecule has 1 atom stereocenters. The quantitative estimate of drug-likeness (QED) is 0.803. The Hall–Kier alpha value is -2.07. The molecule has 0 saturated carbocycles. The lowest BCUT2D eigenvalue weighted by Crippen LogP contribution is -2.40. The molecule has 0 saturated heterocycles. The van der Waals surface area contributed by atoms with E-state index in [1.54, 1.807) is 0 Å². The number of para-hydroxylation sites is 1. The number of carbonyl (C=O) groups excluding carboxylic acids is 1. The van der Waals surface area contributed by atoms with Gasteiger partial charge in [0.05, 0.1) is 6.54 Å². The third kappa shape index (κ3) is 2.15. The Balaban J connectivity index is 1.65. The van der Waals surface area contributed by atoms with Crippen LogP contribution in [0.3, 0.4) is 0 Å². The molecule has 4 nitrogen and oxygen atoms in total. The summed E-state index contributed by atoms with van der Waals surface area (Å²) in [6.45, 7) is 1.17. The fourth-order valence-electron chi connectivity index (χ4n) is 2.06. The summed E-state index contributed by atoms with van der Waals surface area (Å²) >= 11 is 0. The van der Waals surface area contributed by atoms with Crippen LogP contribution in [0.2, 0.25) is 0 Å². The summed E-state index contributed by atoms with van der Waals surface area (Å²) in [5, 5.41) is 6.98. The summed E-state index contributed by atoms with van der Waals surface area (Å²) in [5.74, 6) is 0.746. The van der Waals surface area contributed by atoms with Crippen molar-refractivity contribution >= 4 is 16.9 Å². The maximum atomic E-state index is 11.8. The third-order valence-corrected chi connectivity index (χ3v) is 2.98. The summed E-state index contributed by atoms with van der Waals surface area (Å²) in [5.41, 5.74) is 0.848. The van der Waals surface area contributed by atoms with Gasteiger partial charge in [0.2, 0.25) is 5.91 Å². The summed E-state index contributed by atoms with van der Waals surface area (Å²) in [4.78, 5) is 11.8. The molecule has 0 fully saturated rings. The van der Waals surface area contributed by atoms with Crippen LogP contribution in [0.25, 0.3) is 11.0 Å². The van der Waals surface area contributed by atoms with E-state index in [1.807, 2.05) is 42.5 Å². The van der Waals surface area contributed by atoms with Crippen LogP contribution in [-0.4, -0.2) is 18.5 Å². The van der Waals surface area contributed by atoms with Crippen LogP contribution in [0.4, 0.5) is 0 Å². The van der Waals surface area contributed by atoms with Crippen LogP contribution >= 0.6 is 0 Å². The fraction of sp³-hybridized carbons (Fsp3) is 0.214. The number of furan rings is 1. The van der Waals surface area contributed by atoms with Gasteiger partial charge in [-0.3, -0.25) is 10.1 Å². The molecule has 0 aliphatic carbocycles. The van der Waals surface area contributed by atoms with Crippen LogP contribution in [0.5, 0.6) is 0 Å². The third-order valence-electron chi connectivity index (χ3n) is 2.98. The number of hydrogen-bond donors (Lipinski definition) is 2. The van der Waals surface area contributed by atoms with Gasteiger partial charge in [0.25, 0.3) is 0 Å². The Morgan fingerprint density at radius 1 is 1.44 bits per heavy atom. The van der Waals surface area contributed by atoms with E-state index < -0.39 is 0 Å². The van der Waals surface area contributed by atoms with Gasteiger partial charge < -0.3 is 9.73 Å². The zero-order valence-corrected chi connectivity index (χ0v) is 9.85. The zero-order valence-electron chi connectivity index (χ0n) is 9.85. The van der Waals surface area contributed by atoms with Gasteiger partial charge in [0.1, 0.15) is 17.4 Å². The predicted octanol–water partition coefficient (Wildman–Crippen LogP) is 1.58. The second kappa shape index (κ2) is 4.66. The number of fused-ring (bicyclic) bond motifs is 1. The molecular formula is C14H14N2O2. The summed E-state index contributed by atoms with van der Waals surface area (Å²) in [7, 11) is 0. The Bertz CT molecular complexity index is 568. The van der Waals surface area contributed by atoms with Crippen LogP contribution in [-0.2, 0) is 11.3 Å². The second-order valence-electron chi connectivity index (χ2n) is 4.28. The van der Waals surface area contributed by atoms with Crippen molar-refractivity contribution in [1.29, 1.82) is 0 Å². The maximum Gasteiger partial charge on any atom is 0.241 e. The SMILES string of the molecule is O=C(NCc1cc2ccccc2o1)C1C=CCN1. The smallest absolute Gasteiger partial charge is 0.241 e. The Morgan fingerprint density at radius 3 is 3.11 bits per heavy atom. The molecule has 0 bridgehead atoms. The molecule has 1 aliphatic rings. The van der Waals surface area contributed by atoms with E-state index in [9.17, 15) is 4.79 Å². The van der Waals surface area contributed by atoms with Gasteiger partial charge >= 0.3 is 0 Å². The van der Waals surface area contributed by atoms with Crippen molar-refractivity contribution in [3.05, 3.63) is 48.2 Å². The molecular weight excluding hydrogens is 228 g/mol. The van der Waals surface area contributed by atoms with E-state index >= 15 is 0 Å². The van der Waals surface area contributed by atoms with Crippen molar-refractivity contribution in [3.63, 3.8) is 0 Å². The molecule has 0 radical (unpaired) electrons. The van der Waals surface area contributed by atoms with Gasteiger partial charge in [-0.25, -0.2) is 0 Å². The van der Waals surface area contributed by atoms with E-state index in [4.69, 9.17) is 4.42 Å². The highest BCUT2D eigenvalue weighted by Crippen LogP contribution is 2.18. The molecule has 1 aromatic carbocycles. The molecule has 3 rings (SSSR count). The standard InChI is InChI=1S/C14H14N2O2/c17-14(12-5-3-7-15-12)16-9-11-8-10-4-1-2-6-13(10)18-11/h1-6,8,12,15H,7,9H2,(H,16,17). The minimum absolute atomic E-state index is 0.0239. The molecule has 1 aromatic heterocycles. The molecule has 18 heavy (non-hydrogen) atoms. The van der Waals surface area contributed by atoms with Crippen molar-refractivity contribution in [2.45, 2.75) is 12.6 Å². The lowest BCUT2D eigenvalue weighted by molar-refractivity contribution is -0.122. The number of carbonyl (C=O) groups is 1. The van der Waals surface area contributed by atoms with Crippen molar-refractivity contribution in [2.75, 3.05) is 6.54 Å². The van der Waals surface area contributed by atoms with Gasteiger partial charge in [-0.15, -0.1) is 0 Å². The molecule has 2 aromatic rings. The van der Waals surface area contributed by atoms with Crippen LogP contribution in [0.1, 0.15) is 5.76 Å². The maximum absolute atomic E-state index is 11.8. The average Bonchev–Trinajstić information content (AvgIpc) is 3.04. The molecule has 2 N–H and O–H groups in total. The first kappa shape index (κ1) is 11.0. The Kier molecular flexibility index (Phi) is 2.86. The van der Waals surface area contributed by atoms with Crippen LogP contribution in [0, 0.1) is 0 Å². The van der Waals surface area contributed by atoms with Gasteiger partial charge in [0.15, 0.2) is 0 Å². The van der Waals surface area contributed by atoms with Gasteiger partial charge in [-0.1, -0.05) is 30.4 Å². The highest BCUT2D eigenvalue weighted by molar-refractivity contribution is 5.84. The molecule has 2 heterocycles. The molecule has 92 valence electrons. The van der Waals surface area contributed by atoms with Crippen LogP contribution in [0.15, 0.2) is 46.9 Å². The Morgan fingerprint density at radius 2 is 2.33 bits per heavy atom. The van der Waals surface area contributed by atoms with E-state index in [0.717, 1.165) is 23.3 Å². The first-order valence-electron chi connectivity index (χ1n) is 5.98. The van der Waals surface area contributed by atoms with Crippen molar-refractivity contribution in [1.82, 2.24) is 10.6 Å². The first-order chi connectivity index (χ1) is 8.83. The monoisotopic (exact) mass is 242 g/mol. The largest absolute Gasteiger partial charge is 0.459 e. The van der Waals surface area contributed by atoms with E-state index in [1.165, 1.54) is 0 Å². The Labute approximate surface area is 105 Å². The number of nitrogens with one attached hydrogen (secondary N) is 2. The van der Waals surface area contributed by atoms with E-state index in [2.05, 4.69) is 10.6 Å². The topological polar surface area (TPSA) is 54.3 Å². The van der Waals surface area contributed by atoms with Crippen molar-refractivity contribution in [2.24, 2.45) is 0 Å². The minimum atomic E-state index is -0.214. The van der Waals surface area contributed by atoms with Gasteiger partial charge in [-0.05, 0) is 12.1 Å². The lowest BCUT2D eigenvalue weighted by atomic mass is 10.2. The summed E-state index contributed by atoms with van der Waals surface area (Å²) in [6.07, 6.45) is 3.82. The number of rotatable bonds is 3. The number of hydrogen-bond acceptors (Lipinski definition) is 3. The highest BCUT2D eigenvalue weighted by atomic mass is 16.3. The predicted molar refractivity (Wildman–Crippen MR) is 69.0 cm³/mol. The zero-order chi connectivity index (χ0) is 12.4. The molecule has 0 spiro atoms. The molecule has 1 aliphatic heterocycles. The molecule has 4 heteroatoms. The minimum Gasteiger partial charge on any atom is -0.459 e. The van der Waals surface area contributed by atoms with Crippen molar-refractivity contribution < 1.29 is 9.21 Å². The number of amides is 1. The molecule has 1 amide bonds. The average molecular weight is 242 g/mol. The summed E-state index contributed by atoms with van der Waals surface area (Å²) in [6, 6.07) is 9.55.